The summed E-state index contributed by atoms with van der Waals surface area (Å²) >= 11 is 0. The second kappa shape index (κ2) is 11.8. The maximum atomic E-state index is 12.8. The topological polar surface area (TPSA) is 116 Å². The van der Waals surface area contributed by atoms with E-state index in [1.807, 2.05) is 13.1 Å². The summed E-state index contributed by atoms with van der Waals surface area (Å²) in [5, 5.41) is 17.8. The zero-order chi connectivity index (χ0) is 25.6. The van der Waals surface area contributed by atoms with Gasteiger partial charge in [-0.05, 0) is 65.2 Å². The molecule has 1 fully saturated rings. The minimum atomic E-state index is -3.23. The molecule has 2 aromatic heterocycles. The van der Waals surface area contributed by atoms with E-state index in [1.54, 1.807) is 35.2 Å². The molecule has 0 atom stereocenters. The number of aromatic nitrogens is 4. The monoisotopic (exact) mass is 507 g/mol. The first-order chi connectivity index (χ1) is 16.5. The summed E-state index contributed by atoms with van der Waals surface area (Å²) in [7, 11) is -3.23. The average Bonchev–Trinajstić information content (AvgIpc) is 3.25. The van der Waals surface area contributed by atoms with Crippen LogP contribution in [0.25, 0.3) is 11.3 Å². The summed E-state index contributed by atoms with van der Waals surface area (Å²) in [6.07, 6.45) is 7.49. The van der Waals surface area contributed by atoms with E-state index in [1.165, 1.54) is 0 Å². The third kappa shape index (κ3) is 7.96. The molecule has 2 aromatic rings. The van der Waals surface area contributed by atoms with Crippen molar-refractivity contribution in [3.05, 3.63) is 24.2 Å². The molecule has 3 rings (SSSR count). The number of sulfonamides is 1. The Morgan fingerprint density at radius 2 is 1.89 bits per heavy atom. The molecule has 0 unspecified atom stereocenters. The Morgan fingerprint density at radius 1 is 1.20 bits per heavy atom. The Kier molecular flexibility index (Phi) is 9.25. The van der Waals surface area contributed by atoms with E-state index in [-0.39, 0.29) is 11.8 Å². The van der Waals surface area contributed by atoms with Crippen LogP contribution < -0.4 is 5.32 Å². The van der Waals surface area contributed by atoms with Gasteiger partial charge in [0.05, 0.1) is 29.8 Å². The first-order valence-electron chi connectivity index (χ1n) is 12.6. The minimum absolute atomic E-state index is 0.116. The van der Waals surface area contributed by atoms with Crippen molar-refractivity contribution in [1.29, 1.82) is 0 Å². The lowest BCUT2D eigenvalue weighted by Crippen LogP contribution is -2.43. The van der Waals surface area contributed by atoms with Gasteiger partial charge in [-0.3, -0.25) is 4.68 Å². The van der Waals surface area contributed by atoms with Crippen LogP contribution in [0.3, 0.4) is 0 Å². The maximum Gasteiger partial charge on any atom is 0.223 e. The molecule has 0 saturated carbocycles. The van der Waals surface area contributed by atoms with Crippen molar-refractivity contribution in [2.45, 2.75) is 72.1 Å². The van der Waals surface area contributed by atoms with Gasteiger partial charge in [0.25, 0.3) is 0 Å². The van der Waals surface area contributed by atoms with Gasteiger partial charge in [0.1, 0.15) is 0 Å². The third-order valence-corrected chi connectivity index (χ3v) is 8.34. The van der Waals surface area contributed by atoms with Crippen molar-refractivity contribution >= 4 is 16.0 Å². The molecule has 1 saturated heterocycles. The molecular weight excluding hydrogens is 466 g/mol. The second-order valence-electron chi connectivity index (χ2n) is 9.98. The van der Waals surface area contributed by atoms with Gasteiger partial charge in [0.2, 0.25) is 16.0 Å². The largest absolute Gasteiger partial charge is 0.389 e. The van der Waals surface area contributed by atoms with Gasteiger partial charge in [-0.15, -0.1) is 0 Å². The lowest BCUT2D eigenvalue weighted by molar-refractivity contribution is 0.0577. The number of piperidine rings is 1. The molecule has 0 radical (unpaired) electrons. The molecular formula is C24H41N7O3S. The van der Waals surface area contributed by atoms with E-state index in [4.69, 9.17) is 4.98 Å². The Hall–Kier alpha value is -2.08. The first-order valence-corrected chi connectivity index (χ1v) is 14.2. The Morgan fingerprint density at radius 3 is 2.51 bits per heavy atom. The molecule has 0 amide bonds. The highest BCUT2D eigenvalue weighted by Gasteiger charge is 2.28. The van der Waals surface area contributed by atoms with Crippen molar-refractivity contribution < 1.29 is 13.5 Å². The predicted molar refractivity (Wildman–Crippen MR) is 139 cm³/mol. The van der Waals surface area contributed by atoms with Gasteiger partial charge in [-0.1, -0.05) is 13.8 Å². The maximum absolute atomic E-state index is 12.8. The van der Waals surface area contributed by atoms with Crippen LogP contribution in [0.1, 0.15) is 52.5 Å². The molecule has 3 heterocycles. The number of aryl methyl sites for hydroxylation is 1. The van der Waals surface area contributed by atoms with E-state index in [0.717, 1.165) is 36.5 Å². The van der Waals surface area contributed by atoms with Crippen molar-refractivity contribution in [2.24, 2.45) is 0 Å². The number of rotatable bonds is 12. The minimum Gasteiger partial charge on any atom is -0.389 e. The van der Waals surface area contributed by atoms with E-state index in [9.17, 15) is 13.5 Å². The van der Waals surface area contributed by atoms with Crippen LogP contribution in [0.5, 0.6) is 0 Å². The second-order valence-corrected chi connectivity index (χ2v) is 12.1. The van der Waals surface area contributed by atoms with Gasteiger partial charge in [-0.25, -0.2) is 22.7 Å². The van der Waals surface area contributed by atoms with E-state index in [0.29, 0.717) is 44.8 Å². The number of hydrogen-bond donors (Lipinski definition) is 2. The summed E-state index contributed by atoms with van der Waals surface area (Å²) in [6.45, 7) is 13.7. The van der Waals surface area contributed by atoms with Crippen LogP contribution in [0, 0.1) is 6.92 Å². The molecule has 0 aliphatic carbocycles. The molecule has 0 spiro atoms. The molecule has 1 aliphatic rings. The lowest BCUT2D eigenvalue weighted by atomic mass is 10.1. The van der Waals surface area contributed by atoms with Crippen molar-refractivity contribution in [1.82, 2.24) is 29.0 Å². The fourth-order valence-electron chi connectivity index (χ4n) is 4.37. The van der Waals surface area contributed by atoms with Crippen molar-refractivity contribution in [3.63, 3.8) is 0 Å². The fraction of sp³-hybridized carbons (Fsp3) is 0.708. The van der Waals surface area contributed by atoms with Gasteiger partial charge in [-0.2, -0.15) is 5.10 Å². The highest BCUT2D eigenvalue weighted by atomic mass is 32.2. The highest BCUT2D eigenvalue weighted by molar-refractivity contribution is 7.89. The van der Waals surface area contributed by atoms with Crippen molar-refractivity contribution in [3.8, 4) is 11.3 Å². The fourth-order valence-corrected chi connectivity index (χ4v) is 5.89. The molecule has 11 heteroatoms. The Labute approximate surface area is 209 Å². The summed E-state index contributed by atoms with van der Waals surface area (Å²) in [5.74, 6) is 0.731. The number of hydrogen-bond acceptors (Lipinski definition) is 8. The van der Waals surface area contributed by atoms with Crippen LogP contribution in [0.15, 0.2) is 18.6 Å². The molecule has 35 heavy (non-hydrogen) atoms. The summed E-state index contributed by atoms with van der Waals surface area (Å²) < 4.78 is 28.9. The zero-order valence-electron chi connectivity index (χ0n) is 21.7. The highest BCUT2D eigenvalue weighted by Crippen LogP contribution is 2.23. The normalized spacial score (nSPS) is 16.2. The van der Waals surface area contributed by atoms with Crippen LogP contribution in [-0.4, -0.2) is 92.6 Å². The number of aliphatic hydroxyl groups is 1. The third-order valence-electron chi connectivity index (χ3n) is 6.38. The quantitative estimate of drug-likeness (QED) is 0.450. The number of anilines is 1. The van der Waals surface area contributed by atoms with E-state index < -0.39 is 15.6 Å². The van der Waals surface area contributed by atoms with Crippen LogP contribution >= 0.6 is 0 Å². The smallest absolute Gasteiger partial charge is 0.223 e. The zero-order valence-corrected chi connectivity index (χ0v) is 22.6. The molecule has 10 nitrogen and oxygen atoms in total. The van der Waals surface area contributed by atoms with Crippen LogP contribution in [0.4, 0.5) is 5.95 Å². The Bertz CT molecular complexity index is 1050. The van der Waals surface area contributed by atoms with Crippen molar-refractivity contribution in [2.75, 3.05) is 43.8 Å². The SMILES string of the molecule is CCN(CC)CCCS(=O)(=O)N1CCC(Nc2ncc(C)c(-c3cnn(CC(C)(C)O)c3)n2)CC1. The summed E-state index contributed by atoms with van der Waals surface area (Å²) in [6, 6.07) is 0.116. The van der Waals surface area contributed by atoms with Gasteiger partial charge in [0.15, 0.2) is 0 Å². The Balaban J connectivity index is 1.56. The predicted octanol–water partition coefficient (Wildman–Crippen LogP) is 2.36. The van der Waals surface area contributed by atoms with Crippen LogP contribution in [0.2, 0.25) is 0 Å². The number of nitrogens with one attached hydrogen (secondary N) is 1. The molecule has 0 aromatic carbocycles. The van der Waals surface area contributed by atoms with Gasteiger partial charge in [0, 0.05) is 37.1 Å². The van der Waals surface area contributed by atoms with Crippen LogP contribution in [-0.2, 0) is 16.6 Å². The molecule has 0 bridgehead atoms. The number of nitrogens with zero attached hydrogens (tertiary/aromatic N) is 6. The van der Waals surface area contributed by atoms with Gasteiger partial charge >= 0.3 is 0 Å². The standard InChI is InChI=1S/C24H41N7O3S/c1-6-29(7-2)11-8-14-35(33,34)31-12-9-21(10-13-31)27-23-25-15-19(3)22(28-23)20-16-26-30(17-20)18-24(4,5)32/h15-17,21,32H,6-14,18H2,1-5H3,(H,25,27,28). The average molecular weight is 508 g/mol. The molecule has 196 valence electrons. The summed E-state index contributed by atoms with van der Waals surface area (Å²) in [4.78, 5) is 11.4. The summed E-state index contributed by atoms with van der Waals surface area (Å²) in [5.41, 5.74) is 1.73. The molecule has 1 aliphatic heterocycles. The van der Waals surface area contributed by atoms with Gasteiger partial charge < -0.3 is 15.3 Å². The van der Waals surface area contributed by atoms with E-state index in [2.05, 4.69) is 34.1 Å². The van der Waals surface area contributed by atoms with E-state index >= 15 is 0 Å². The first kappa shape index (κ1) is 27.5. The molecule has 2 N–H and O–H groups in total. The lowest BCUT2D eigenvalue weighted by Gasteiger charge is -2.32.